The van der Waals surface area contributed by atoms with Crippen LogP contribution in [0.15, 0.2) is 28.1 Å². The van der Waals surface area contributed by atoms with Gasteiger partial charge in [-0.25, -0.2) is 0 Å². The first-order valence-electron chi connectivity index (χ1n) is 8.20. The molecule has 2 fully saturated rings. The smallest absolute Gasteiger partial charge is 0.234 e. The van der Waals surface area contributed by atoms with Crippen LogP contribution in [0.2, 0.25) is 0 Å². The molecule has 3 heterocycles. The highest BCUT2D eigenvalue weighted by Gasteiger charge is 2.55. The van der Waals surface area contributed by atoms with E-state index in [0.717, 1.165) is 23.4 Å². The molecule has 2 aliphatic rings. The maximum absolute atomic E-state index is 13.0. The van der Waals surface area contributed by atoms with Crippen LogP contribution in [0, 0.1) is 5.92 Å². The summed E-state index contributed by atoms with van der Waals surface area (Å²) in [6, 6.07) is 5.83. The summed E-state index contributed by atoms with van der Waals surface area (Å²) in [4.78, 5) is 27.1. The first-order chi connectivity index (χ1) is 11.6. The number of amides is 2. The lowest BCUT2D eigenvalue weighted by molar-refractivity contribution is -0.137. The van der Waals surface area contributed by atoms with Crippen molar-refractivity contribution in [2.24, 2.45) is 11.7 Å². The van der Waals surface area contributed by atoms with Gasteiger partial charge in [0, 0.05) is 25.1 Å². The molecular formula is C17H19N3O3S. The van der Waals surface area contributed by atoms with Crippen LogP contribution in [0.5, 0.6) is 0 Å². The van der Waals surface area contributed by atoms with Gasteiger partial charge in [-0.1, -0.05) is 11.2 Å². The van der Waals surface area contributed by atoms with Gasteiger partial charge in [0.2, 0.25) is 11.8 Å². The van der Waals surface area contributed by atoms with E-state index >= 15 is 0 Å². The molecule has 4 rings (SSSR count). The van der Waals surface area contributed by atoms with Crippen LogP contribution in [-0.4, -0.2) is 35.0 Å². The van der Waals surface area contributed by atoms with E-state index in [1.807, 2.05) is 28.5 Å². The van der Waals surface area contributed by atoms with Gasteiger partial charge < -0.3 is 15.2 Å². The number of hydrogen-bond donors (Lipinski definition) is 1. The molecule has 2 amide bonds. The molecule has 126 valence electrons. The van der Waals surface area contributed by atoms with E-state index < -0.39 is 5.41 Å². The average Bonchev–Trinajstić information content (AvgIpc) is 3.03. The summed E-state index contributed by atoms with van der Waals surface area (Å²) in [6.45, 7) is 1.17. The Labute approximate surface area is 143 Å². The number of likely N-dealkylation sites (tertiary alicyclic amines) is 1. The Morgan fingerprint density at radius 1 is 1.33 bits per heavy atom. The number of hydrogen-bond acceptors (Lipinski definition) is 5. The highest BCUT2D eigenvalue weighted by atomic mass is 32.1. The van der Waals surface area contributed by atoms with Gasteiger partial charge in [-0.15, -0.1) is 11.3 Å². The molecule has 0 unspecified atom stereocenters. The predicted octanol–water partition coefficient (Wildman–Crippen LogP) is 2.16. The van der Waals surface area contributed by atoms with E-state index in [2.05, 4.69) is 5.16 Å². The molecule has 1 aliphatic heterocycles. The van der Waals surface area contributed by atoms with Crippen molar-refractivity contribution in [3.05, 3.63) is 29.3 Å². The molecule has 0 atom stereocenters. The van der Waals surface area contributed by atoms with Crippen LogP contribution in [0.3, 0.4) is 0 Å². The second-order valence-electron chi connectivity index (χ2n) is 6.60. The average molecular weight is 345 g/mol. The standard InChI is InChI=1S/C17H19N3O3S/c18-15(21)11-3-7-20(8-4-11)16(22)17(5-6-17)14-10-12(23-19-14)13-2-1-9-24-13/h1-2,9-11H,3-8H2,(H2,18,21). The zero-order valence-electron chi connectivity index (χ0n) is 13.2. The van der Waals surface area contributed by atoms with Gasteiger partial charge in [0.1, 0.15) is 0 Å². The lowest BCUT2D eigenvalue weighted by Gasteiger charge is -2.32. The zero-order valence-corrected chi connectivity index (χ0v) is 14.1. The minimum Gasteiger partial charge on any atom is -0.369 e. The van der Waals surface area contributed by atoms with Crippen LogP contribution in [0.1, 0.15) is 31.4 Å². The van der Waals surface area contributed by atoms with E-state index in [4.69, 9.17) is 10.3 Å². The van der Waals surface area contributed by atoms with Gasteiger partial charge in [-0.3, -0.25) is 9.59 Å². The van der Waals surface area contributed by atoms with E-state index in [0.29, 0.717) is 31.7 Å². The fourth-order valence-corrected chi connectivity index (χ4v) is 4.08. The van der Waals surface area contributed by atoms with Gasteiger partial charge in [0.25, 0.3) is 0 Å². The first kappa shape index (κ1) is 15.4. The Bertz CT molecular complexity index is 756. The Hall–Kier alpha value is -2.15. The van der Waals surface area contributed by atoms with Gasteiger partial charge in [0.15, 0.2) is 5.76 Å². The maximum Gasteiger partial charge on any atom is 0.234 e. The second kappa shape index (κ2) is 5.73. The Balaban J connectivity index is 1.49. The number of piperidine rings is 1. The third-order valence-electron chi connectivity index (χ3n) is 5.11. The molecular weight excluding hydrogens is 326 g/mol. The summed E-state index contributed by atoms with van der Waals surface area (Å²) >= 11 is 1.59. The summed E-state index contributed by atoms with van der Waals surface area (Å²) in [7, 11) is 0. The monoisotopic (exact) mass is 345 g/mol. The topological polar surface area (TPSA) is 89.4 Å². The van der Waals surface area contributed by atoms with E-state index in [1.165, 1.54) is 0 Å². The molecule has 24 heavy (non-hydrogen) atoms. The lowest BCUT2D eigenvalue weighted by atomic mass is 9.93. The molecule has 1 aliphatic carbocycles. The molecule has 6 nitrogen and oxygen atoms in total. The molecule has 0 spiro atoms. The molecule has 0 bridgehead atoms. The molecule has 2 aromatic heterocycles. The van der Waals surface area contributed by atoms with Crippen LogP contribution in [0.25, 0.3) is 10.6 Å². The Kier molecular flexibility index (Phi) is 3.68. The van der Waals surface area contributed by atoms with Crippen molar-refractivity contribution in [3.8, 4) is 10.6 Å². The normalized spacial score (nSPS) is 20.1. The van der Waals surface area contributed by atoms with Crippen molar-refractivity contribution in [1.82, 2.24) is 10.1 Å². The molecule has 2 N–H and O–H groups in total. The third-order valence-corrected chi connectivity index (χ3v) is 5.99. The van der Waals surface area contributed by atoms with Crippen molar-refractivity contribution < 1.29 is 14.1 Å². The molecule has 0 aromatic carbocycles. The number of nitrogens with two attached hydrogens (primary N) is 1. The number of carbonyl (C=O) groups excluding carboxylic acids is 2. The Morgan fingerprint density at radius 3 is 2.67 bits per heavy atom. The van der Waals surface area contributed by atoms with Gasteiger partial charge >= 0.3 is 0 Å². The minimum atomic E-state index is -0.529. The van der Waals surface area contributed by atoms with Crippen molar-refractivity contribution in [3.63, 3.8) is 0 Å². The fourth-order valence-electron chi connectivity index (χ4n) is 3.41. The summed E-state index contributed by atoms with van der Waals surface area (Å²) in [6.07, 6.45) is 2.91. The van der Waals surface area contributed by atoms with Crippen molar-refractivity contribution in [1.29, 1.82) is 0 Å². The predicted molar refractivity (Wildman–Crippen MR) is 89.2 cm³/mol. The molecule has 2 aromatic rings. The van der Waals surface area contributed by atoms with E-state index in [-0.39, 0.29) is 17.7 Å². The van der Waals surface area contributed by atoms with Crippen LogP contribution < -0.4 is 5.73 Å². The second-order valence-corrected chi connectivity index (χ2v) is 7.55. The van der Waals surface area contributed by atoms with E-state index in [9.17, 15) is 9.59 Å². The number of nitrogens with zero attached hydrogens (tertiary/aromatic N) is 2. The number of thiophene rings is 1. The Morgan fingerprint density at radius 2 is 2.08 bits per heavy atom. The number of carbonyl (C=O) groups is 2. The summed E-state index contributed by atoms with van der Waals surface area (Å²) in [5, 5.41) is 6.16. The van der Waals surface area contributed by atoms with Gasteiger partial charge in [-0.05, 0) is 37.1 Å². The first-order valence-corrected chi connectivity index (χ1v) is 9.08. The summed E-state index contributed by atoms with van der Waals surface area (Å²) < 4.78 is 5.45. The largest absolute Gasteiger partial charge is 0.369 e. The fraction of sp³-hybridized carbons (Fsp3) is 0.471. The minimum absolute atomic E-state index is 0.108. The molecule has 1 saturated carbocycles. The number of rotatable bonds is 4. The van der Waals surface area contributed by atoms with E-state index in [1.54, 1.807) is 11.3 Å². The highest BCUT2D eigenvalue weighted by Crippen LogP contribution is 2.50. The highest BCUT2D eigenvalue weighted by molar-refractivity contribution is 7.13. The molecule has 7 heteroatoms. The maximum atomic E-state index is 13.0. The van der Waals surface area contributed by atoms with Crippen molar-refractivity contribution in [2.45, 2.75) is 31.1 Å². The van der Waals surface area contributed by atoms with Crippen molar-refractivity contribution >= 4 is 23.2 Å². The van der Waals surface area contributed by atoms with Gasteiger partial charge in [0.05, 0.1) is 16.0 Å². The summed E-state index contributed by atoms with van der Waals surface area (Å²) in [5.41, 5.74) is 5.56. The lowest BCUT2D eigenvalue weighted by Crippen LogP contribution is -2.46. The molecule has 0 radical (unpaired) electrons. The summed E-state index contributed by atoms with van der Waals surface area (Å²) in [5.74, 6) is 0.449. The third kappa shape index (κ3) is 2.53. The van der Waals surface area contributed by atoms with Crippen LogP contribution in [-0.2, 0) is 15.0 Å². The van der Waals surface area contributed by atoms with Crippen molar-refractivity contribution in [2.75, 3.05) is 13.1 Å². The molecule has 1 saturated heterocycles. The zero-order chi connectivity index (χ0) is 16.7. The quantitative estimate of drug-likeness (QED) is 0.919. The van der Waals surface area contributed by atoms with Crippen LogP contribution >= 0.6 is 11.3 Å². The number of aromatic nitrogens is 1. The number of primary amides is 1. The SMILES string of the molecule is NC(=O)C1CCN(C(=O)C2(c3cc(-c4cccs4)on3)CC2)CC1. The van der Waals surface area contributed by atoms with Crippen LogP contribution in [0.4, 0.5) is 0 Å². The van der Waals surface area contributed by atoms with Gasteiger partial charge in [-0.2, -0.15) is 0 Å².